The van der Waals surface area contributed by atoms with Gasteiger partial charge in [0.1, 0.15) is 0 Å². The van der Waals surface area contributed by atoms with E-state index < -0.39 is 12.1 Å². The van der Waals surface area contributed by atoms with Crippen molar-refractivity contribution in [3.05, 3.63) is 218 Å². The molecule has 11 aromatic rings. The Morgan fingerprint density at radius 1 is 0.321 bits per heavy atom. The fourth-order valence-corrected chi connectivity index (χ4v) is 8.13. The summed E-state index contributed by atoms with van der Waals surface area (Å²) in [6.45, 7) is 0. The lowest BCUT2D eigenvalue weighted by Gasteiger charge is -2.13. The van der Waals surface area contributed by atoms with Gasteiger partial charge in [-0.15, -0.1) is 0 Å². The Kier molecular flexibility index (Phi) is 6.01. The van der Waals surface area contributed by atoms with Crippen molar-refractivity contribution in [1.29, 1.82) is 0 Å². The highest BCUT2D eigenvalue weighted by molar-refractivity contribution is 6.15. The molecule has 2 nitrogen and oxygen atoms in total. The monoisotopic (exact) mass is 719 g/mol. The van der Waals surface area contributed by atoms with Gasteiger partial charge in [0.2, 0.25) is 0 Å². The van der Waals surface area contributed by atoms with E-state index in [9.17, 15) is 4.11 Å². The minimum Gasteiger partial charge on any atom is -0.309 e. The fourth-order valence-electron chi connectivity index (χ4n) is 8.13. The molecule has 2 heteroatoms. The average Bonchev–Trinajstić information content (AvgIpc) is 3.87. The van der Waals surface area contributed by atoms with Crippen molar-refractivity contribution in [2.24, 2.45) is 0 Å². The van der Waals surface area contributed by atoms with Gasteiger partial charge in [0.05, 0.1) is 31.7 Å². The van der Waals surface area contributed by atoms with Gasteiger partial charge in [-0.05, 0) is 93.5 Å². The largest absolute Gasteiger partial charge is 0.309 e. The quantitative estimate of drug-likeness (QED) is 0.162. The molecule has 2 heterocycles. The van der Waals surface area contributed by atoms with E-state index in [1.165, 1.54) is 5.56 Å². The maximum Gasteiger partial charge on any atom is 0.0645 e. The maximum atomic E-state index is 9.79. The van der Waals surface area contributed by atoms with E-state index in [1.54, 1.807) is 16.7 Å². The minimum atomic E-state index is -0.417. The summed E-state index contributed by atoms with van der Waals surface area (Å²) in [5.41, 5.74) is 11.3. The van der Waals surface area contributed by atoms with Gasteiger partial charge < -0.3 is 9.13 Å². The van der Waals surface area contributed by atoms with Gasteiger partial charge in [0, 0.05) is 38.5 Å². The molecule has 0 aliphatic rings. The molecule has 2 aromatic heterocycles. The molecule has 0 saturated carbocycles. The number of nitrogens with zero attached hydrogens (tertiary/aromatic N) is 2. The maximum absolute atomic E-state index is 9.79. The topological polar surface area (TPSA) is 9.86 Å². The number of para-hydroxylation sites is 3. The van der Waals surface area contributed by atoms with Crippen LogP contribution >= 0.6 is 0 Å². The third-order valence-corrected chi connectivity index (χ3v) is 10.8. The number of hydrogen-bond donors (Lipinski definition) is 0. The molecule has 0 radical (unpaired) electrons. The lowest BCUT2D eigenvalue weighted by molar-refractivity contribution is 1.18. The minimum absolute atomic E-state index is 0.0730. The highest BCUT2D eigenvalue weighted by atomic mass is 15.0. The molecule has 0 atom stereocenters. The Bertz CT molecular complexity index is 3600. The van der Waals surface area contributed by atoms with Crippen molar-refractivity contribution in [2.45, 2.75) is 0 Å². The van der Waals surface area contributed by atoms with Crippen LogP contribution in [0.15, 0.2) is 218 Å². The number of rotatable bonds is 6. The van der Waals surface area contributed by atoms with E-state index in [-0.39, 0.29) is 57.6 Å². The fraction of sp³-hybridized carbons (Fsp3) is 0. The normalized spacial score (nSPS) is 13.3. The van der Waals surface area contributed by atoms with Crippen LogP contribution < -0.4 is 0 Å². The average molecular weight is 720 g/mol. The second-order valence-corrected chi connectivity index (χ2v) is 14.0. The standard InChI is InChI=1S/C54H36N2/c1-4-13-37(14-5-1)38-23-25-39(26-24-38)40-27-31-45(32-28-40)56-53-34-30-43(36-50(53)48-21-12-20-46(54(48)56)41-15-6-2-7-16-41)42-29-33-52-49(35-42)47-19-10-11-22-51(47)55(52)44-17-8-3-9-18-44/h1-36H/i10D,11D,19D,22D,29D,33D,35D. The summed E-state index contributed by atoms with van der Waals surface area (Å²) < 4.78 is 67.9. The zero-order valence-electron chi connectivity index (χ0n) is 37.1. The summed E-state index contributed by atoms with van der Waals surface area (Å²) in [4.78, 5) is 0. The van der Waals surface area contributed by atoms with Crippen molar-refractivity contribution in [3.63, 3.8) is 0 Å². The molecule has 0 N–H and O–H groups in total. The number of aromatic nitrogens is 2. The summed E-state index contributed by atoms with van der Waals surface area (Å²) in [6, 6.07) is 57.3. The molecule has 0 aliphatic heterocycles. The van der Waals surface area contributed by atoms with Crippen LogP contribution in [-0.4, -0.2) is 9.13 Å². The third kappa shape index (κ3) is 5.26. The van der Waals surface area contributed by atoms with E-state index in [4.69, 9.17) is 5.48 Å². The van der Waals surface area contributed by atoms with Crippen LogP contribution in [0.25, 0.3) is 99.5 Å². The van der Waals surface area contributed by atoms with Crippen LogP contribution in [0.4, 0.5) is 0 Å². The Morgan fingerprint density at radius 3 is 1.61 bits per heavy atom. The molecule has 9 aromatic carbocycles. The van der Waals surface area contributed by atoms with Crippen LogP contribution in [0.1, 0.15) is 9.60 Å². The second kappa shape index (κ2) is 13.2. The number of benzene rings is 9. The summed E-state index contributed by atoms with van der Waals surface area (Å²) >= 11 is 0. The van der Waals surface area contributed by atoms with Gasteiger partial charge >= 0.3 is 0 Å². The molecule has 0 fully saturated rings. The molecule has 0 spiro atoms. The summed E-state index contributed by atoms with van der Waals surface area (Å²) in [7, 11) is 0. The van der Waals surface area contributed by atoms with Crippen LogP contribution in [-0.2, 0) is 0 Å². The Morgan fingerprint density at radius 2 is 0.893 bits per heavy atom. The third-order valence-electron chi connectivity index (χ3n) is 10.8. The van der Waals surface area contributed by atoms with Crippen LogP contribution in [0.5, 0.6) is 0 Å². The molecular weight excluding hydrogens is 677 g/mol. The highest BCUT2D eigenvalue weighted by Gasteiger charge is 2.19. The van der Waals surface area contributed by atoms with E-state index in [1.807, 2.05) is 72.8 Å². The molecule has 0 aliphatic carbocycles. The predicted molar refractivity (Wildman–Crippen MR) is 237 cm³/mol. The SMILES string of the molecule is [2H]c1c([2H])c([2H])c2c(c1[2H])c1c([2H])c(-c3ccc4c(c3)c3cccc(-c5ccccc5)c3n4-c3ccc(-c4ccc(-c5ccccc5)cc4)cc3)c([2H])c([2H])c1n2-c1ccccc1. The summed E-state index contributed by atoms with van der Waals surface area (Å²) in [5, 5.41) is 2.25. The van der Waals surface area contributed by atoms with Crippen LogP contribution in [0.2, 0.25) is 0 Å². The van der Waals surface area contributed by atoms with Gasteiger partial charge in [-0.1, -0.05) is 164 Å². The van der Waals surface area contributed by atoms with E-state index in [2.05, 4.69) is 95.6 Å². The predicted octanol–water partition coefficient (Wildman–Crippen LogP) is 14.5. The van der Waals surface area contributed by atoms with Crippen molar-refractivity contribution in [1.82, 2.24) is 9.13 Å². The van der Waals surface area contributed by atoms with E-state index in [0.29, 0.717) is 11.3 Å². The first-order valence-electron chi connectivity index (χ1n) is 22.2. The molecular formula is C54H36N2. The highest BCUT2D eigenvalue weighted by Crippen LogP contribution is 2.41. The molecule has 0 amide bonds. The zero-order chi connectivity index (χ0) is 43.1. The molecule has 0 bridgehead atoms. The van der Waals surface area contributed by atoms with Gasteiger partial charge in [0.15, 0.2) is 0 Å². The van der Waals surface area contributed by atoms with E-state index >= 15 is 0 Å². The van der Waals surface area contributed by atoms with Gasteiger partial charge in [0.25, 0.3) is 0 Å². The first-order chi connectivity index (χ1) is 30.7. The zero-order valence-corrected chi connectivity index (χ0v) is 30.1. The van der Waals surface area contributed by atoms with Crippen molar-refractivity contribution < 1.29 is 9.60 Å². The molecule has 11 rings (SSSR count). The molecule has 56 heavy (non-hydrogen) atoms. The van der Waals surface area contributed by atoms with Crippen LogP contribution in [0, 0.1) is 0 Å². The second-order valence-electron chi connectivity index (χ2n) is 14.0. The molecule has 0 unspecified atom stereocenters. The van der Waals surface area contributed by atoms with Crippen molar-refractivity contribution >= 4 is 43.6 Å². The molecule has 0 saturated heterocycles. The number of fused-ring (bicyclic) bond motifs is 6. The summed E-state index contributed by atoms with van der Waals surface area (Å²) in [5.74, 6) is 0. The van der Waals surface area contributed by atoms with Gasteiger partial charge in [-0.2, -0.15) is 0 Å². The first-order valence-corrected chi connectivity index (χ1v) is 18.7. The van der Waals surface area contributed by atoms with E-state index in [0.717, 1.165) is 55.3 Å². The lowest BCUT2D eigenvalue weighted by atomic mass is 9.99. The Balaban J connectivity index is 1.13. The van der Waals surface area contributed by atoms with Gasteiger partial charge in [-0.25, -0.2) is 0 Å². The lowest BCUT2D eigenvalue weighted by Crippen LogP contribution is -1.95. The smallest absolute Gasteiger partial charge is 0.0645 e. The van der Waals surface area contributed by atoms with Crippen LogP contribution in [0.3, 0.4) is 0 Å². The first kappa shape index (κ1) is 25.6. The summed E-state index contributed by atoms with van der Waals surface area (Å²) in [6.07, 6.45) is 0. The number of hydrogen-bond acceptors (Lipinski definition) is 0. The Labute approximate surface area is 335 Å². The van der Waals surface area contributed by atoms with Crippen molar-refractivity contribution in [3.8, 4) is 55.9 Å². The van der Waals surface area contributed by atoms with Gasteiger partial charge in [-0.3, -0.25) is 0 Å². The molecule has 262 valence electrons. The Hall–Kier alpha value is -7.42. The van der Waals surface area contributed by atoms with Crippen molar-refractivity contribution in [2.75, 3.05) is 0 Å².